The molecule has 2 unspecified atom stereocenters. The van der Waals surface area contributed by atoms with Crippen LogP contribution in [-0.4, -0.2) is 34.3 Å². The van der Waals surface area contributed by atoms with Gasteiger partial charge in [0.25, 0.3) is 0 Å². The number of hydrogen-bond donors (Lipinski definition) is 1. The Balaban J connectivity index is 2.20. The zero-order valence-corrected chi connectivity index (χ0v) is 11.8. The van der Waals surface area contributed by atoms with Crippen LogP contribution in [0.5, 0.6) is 0 Å². The van der Waals surface area contributed by atoms with Crippen molar-refractivity contribution in [1.82, 2.24) is 10.2 Å². The third-order valence-corrected chi connectivity index (χ3v) is 4.34. The topological polar surface area (TPSA) is 49.4 Å². The van der Waals surface area contributed by atoms with Gasteiger partial charge < -0.3 is 10.2 Å². The van der Waals surface area contributed by atoms with Gasteiger partial charge in [0, 0.05) is 5.54 Å². The Bertz CT molecular complexity index is 361. The second-order valence-corrected chi connectivity index (χ2v) is 6.43. The van der Waals surface area contributed by atoms with Gasteiger partial charge in [0.05, 0.1) is 0 Å². The molecule has 1 aliphatic heterocycles. The maximum absolute atomic E-state index is 12.6. The summed E-state index contributed by atoms with van der Waals surface area (Å²) in [6.45, 7) is 8.10. The van der Waals surface area contributed by atoms with Crippen LogP contribution in [0.2, 0.25) is 0 Å². The molecule has 2 fully saturated rings. The van der Waals surface area contributed by atoms with Gasteiger partial charge in [-0.25, -0.2) is 0 Å². The highest BCUT2D eigenvalue weighted by molar-refractivity contribution is 5.97. The van der Waals surface area contributed by atoms with Crippen molar-refractivity contribution < 1.29 is 9.59 Å². The molecule has 2 rings (SSSR count). The van der Waals surface area contributed by atoms with Crippen molar-refractivity contribution in [3.8, 4) is 0 Å². The molecule has 1 aliphatic carbocycles. The SMILES string of the molecule is CC(C)CC1NC(=O)C(C)N(C2(C)CCC2)C1=O. The molecule has 0 bridgehead atoms. The zero-order valence-electron chi connectivity index (χ0n) is 11.8. The summed E-state index contributed by atoms with van der Waals surface area (Å²) in [4.78, 5) is 26.4. The average Bonchev–Trinajstić information content (AvgIpc) is 2.23. The predicted octanol–water partition coefficient (Wildman–Crippen LogP) is 1.69. The van der Waals surface area contributed by atoms with Crippen molar-refractivity contribution in [2.75, 3.05) is 0 Å². The lowest BCUT2D eigenvalue weighted by atomic mass is 9.75. The summed E-state index contributed by atoms with van der Waals surface area (Å²) in [6.07, 6.45) is 3.92. The number of nitrogens with one attached hydrogen (secondary N) is 1. The molecule has 0 aromatic heterocycles. The number of nitrogens with zero attached hydrogens (tertiary/aromatic N) is 1. The maximum Gasteiger partial charge on any atom is 0.246 e. The predicted molar refractivity (Wildman–Crippen MR) is 69.9 cm³/mol. The third-order valence-electron chi connectivity index (χ3n) is 4.34. The van der Waals surface area contributed by atoms with Gasteiger partial charge in [-0.15, -0.1) is 0 Å². The summed E-state index contributed by atoms with van der Waals surface area (Å²) < 4.78 is 0. The Kier molecular flexibility index (Phi) is 3.39. The van der Waals surface area contributed by atoms with Crippen LogP contribution in [-0.2, 0) is 9.59 Å². The summed E-state index contributed by atoms with van der Waals surface area (Å²) in [5.41, 5.74) is -0.0938. The first-order chi connectivity index (χ1) is 8.35. The van der Waals surface area contributed by atoms with E-state index in [1.165, 1.54) is 0 Å². The van der Waals surface area contributed by atoms with Gasteiger partial charge in [-0.05, 0) is 45.4 Å². The van der Waals surface area contributed by atoms with Crippen LogP contribution >= 0.6 is 0 Å². The molecule has 1 saturated carbocycles. The minimum absolute atomic E-state index is 0.00613. The second-order valence-electron chi connectivity index (χ2n) is 6.43. The van der Waals surface area contributed by atoms with E-state index in [1.54, 1.807) is 0 Å². The Morgan fingerprint density at radius 1 is 1.39 bits per heavy atom. The Morgan fingerprint density at radius 2 is 2.00 bits per heavy atom. The highest BCUT2D eigenvalue weighted by Gasteiger charge is 2.49. The Labute approximate surface area is 109 Å². The quantitative estimate of drug-likeness (QED) is 0.831. The Morgan fingerprint density at radius 3 is 2.44 bits per heavy atom. The summed E-state index contributed by atoms with van der Waals surface area (Å²) >= 11 is 0. The molecule has 2 amide bonds. The minimum Gasteiger partial charge on any atom is -0.343 e. The van der Waals surface area contributed by atoms with Gasteiger partial charge in [-0.2, -0.15) is 0 Å². The first-order valence-electron chi connectivity index (χ1n) is 6.99. The fourth-order valence-corrected chi connectivity index (χ4v) is 3.12. The van der Waals surface area contributed by atoms with E-state index >= 15 is 0 Å². The lowest BCUT2D eigenvalue weighted by Gasteiger charge is -2.53. The van der Waals surface area contributed by atoms with Gasteiger partial charge in [0.15, 0.2) is 0 Å². The van der Waals surface area contributed by atoms with Crippen molar-refractivity contribution in [2.45, 2.75) is 71.0 Å². The molecule has 102 valence electrons. The van der Waals surface area contributed by atoms with E-state index < -0.39 is 0 Å². The number of rotatable bonds is 3. The molecule has 0 aromatic carbocycles. The van der Waals surface area contributed by atoms with E-state index in [4.69, 9.17) is 0 Å². The van der Waals surface area contributed by atoms with Gasteiger partial charge >= 0.3 is 0 Å². The molecule has 18 heavy (non-hydrogen) atoms. The van der Waals surface area contributed by atoms with Crippen LogP contribution in [0.25, 0.3) is 0 Å². The van der Waals surface area contributed by atoms with Crippen LogP contribution in [0.15, 0.2) is 0 Å². The number of piperazine rings is 1. The molecule has 1 heterocycles. The van der Waals surface area contributed by atoms with Crippen LogP contribution in [0, 0.1) is 5.92 Å². The van der Waals surface area contributed by atoms with E-state index in [-0.39, 0.29) is 29.4 Å². The molecule has 1 N–H and O–H groups in total. The average molecular weight is 252 g/mol. The monoisotopic (exact) mass is 252 g/mol. The lowest BCUT2D eigenvalue weighted by molar-refractivity contribution is -0.160. The van der Waals surface area contributed by atoms with E-state index in [2.05, 4.69) is 26.1 Å². The largest absolute Gasteiger partial charge is 0.343 e. The molecule has 1 saturated heterocycles. The van der Waals surface area contributed by atoms with E-state index in [1.807, 2.05) is 11.8 Å². The number of hydrogen-bond acceptors (Lipinski definition) is 2. The van der Waals surface area contributed by atoms with Crippen molar-refractivity contribution in [2.24, 2.45) is 5.92 Å². The second kappa shape index (κ2) is 4.56. The summed E-state index contributed by atoms with van der Waals surface area (Å²) in [6, 6.07) is -0.655. The van der Waals surface area contributed by atoms with Gasteiger partial charge in [0.2, 0.25) is 11.8 Å². The molecule has 0 aromatic rings. The highest BCUT2D eigenvalue weighted by Crippen LogP contribution is 2.40. The maximum atomic E-state index is 12.6. The lowest BCUT2D eigenvalue weighted by Crippen LogP contribution is -2.69. The molecule has 2 atom stereocenters. The van der Waals surface area contributed by atoms with Gasteiger partial charge in [0.1, 0.15) is 12.1 Å². The van der Waals surface area contributed by atoms with Crippen molar-refractivity contribution in [3.05, 3.63) is 0 Å². The van der Waals surface area contributed by atoms with Gasteiger partial charge in [-0.1, -0.05) is 13.8 Å². The van der Waals surface area contributed by atoms with Crippen LogP contribution in [0.3, 0.4) is 0 Å². The Hall–Kier alpha value is -1.06. The molecular weight excluding hydrogens is 228 g/mol. The normalized spacial score (nSPS) is 31.3. The highest BCUT2D eigenvalue weighted by atomic mass is 16.2. The first kappa shape index (κ1) is 13.4. The third kappa shape index (κ3) is 2.13. The fourth-order valence-electron chi connectivity index (χ4n) is 3.12. The summed E-state index contributed by atoms with van der Waals surface area (Å²) in [5, 5.41) is 2.87. The summed E-state index contributed by atoms with van der Waals surface area (Å²) in [7, 11) is 0. The smallest absolute Gasteiger partial charge is 0.246 e. The molecular formula is C14H24N2O2. The van der Waals surface area contributed by atoms with Crippen LogP contribution < -0.4 is 5.32 Å². The number of amides is 2. The fraction of sp³-hybridized carbons (Fsp3) is 0.857. The van der Waals surface area contributed by atoms with Crippen molar-refractivity contribution in [1.29, 1.82) is 0 Å². The zero-order chi connectivity index (χ0) is 13.5. The summed E-state index contributed by atoms with van der Waals surface area (Å²) in [5.74, 6) is 0.509. The molecule has 2 aliphatic rings. The first-order valence-corrected chi connectivity index (χ1v) is 6.99. The standard InChI is InChI=1S/C14H24N2O2/c1-9(2)8-11-13(18)16(10(3)12(17)15-11)14(4)6-5-7-14/h9-11H,5-8H2,1-4H3,(H,15,17). The number of carbonyl (C=O) groups is 2. The molecule has 4 nitrogen and oxygen atoms in total. The minimum atomic E-state index is -0.328. The van der Waals surface area contributed by atoms with Crippen LogP contribution in [0.1, 0.15) is 53.4 Å². The van der Waals surface area contributed by atoms with E-state index in [0.717, 1.165) is 25.7 Å². The van der Waals surface area contributed by atoms with Crippen molar-refractivity contribution >= 4 is 11.8 Å². The van der Waals surface area contributed by atoms with E-state index in [9.17, 15) is 9.59 Å². The van der Waals surface area contributed by atoms with Gasteiger partial charge in [-0.3, -0.25) is 9.59 Å². The van der Waals surface area contributed by atoms with Crippen molar-refractivity contribution in [3.63, 3.8) is 0 Å². The van der Waals surface area contributed by atoms with Crippen LogP contribution in [0.4, 0.5) is 0 Å². The molecule has 0 spiro atoms. The number of carbonyl (C=O) groups excluding carboxylic acids is 2. The molecule has 4 heteroatoms. The molecule has 0 radical (unpaired) electrons. The van der Waals surface area contributed by atoms with E-state index in [0.29, 0.717) is 5.92 Å².